The van der Waals surface area contributed by atoms with Crippen LogP contribution in [0, 0.1) is 5.82 Å². The molecule has 2 N–H and O–H groups in total. The molecule has 0 bridgehead atoms. The molecule has 1 fully saturated rings. The molecule has 0 spiro atoms. The number of halogens is 1. The van der Waals surface area contributed by atoms with Gasteiger partial charge in [-0.05, 0) is 30.0 Å². The van der Waals surface area contributed by atoms with Gasteiger partial charge in [0.05, 0.1) is 47.9 Å². The molecule has 1 aliphatic heterocycles. The number of imidazole rings is 1. The van der Waals surface area contributed by atoms with Crippen LogP contribution in [0.15, 0.2) is 48.9 Å². The molecule has 2 atom stereocenters. The normalized spacial score (nSPS) is 20.6. The molecule has 1 amide bonds. The summed E-state index contributed by atoms with van der Waals surface area (Å²) in [6, 6.07) is 10.7. The van der Waals surface area contributed by atoms with Crippen molar-refractivity contribution in [2.24, 2.45) is 0 Å². The van der Waals surface area contributed by atoms with Gasteiger partial charge in [0.15, 0.2) is 0 Å². The molecule has 0 unspecified atom stereocenters. The van der Waals surface area contributed by atoms with Crippen LogP contribution in [0.1, 0.15) is 33.9 Å². The molecular formula is C23H20FN5O2. The lowest BCUT2D eigenvalue weighted by Gasteiger charge is -2.44. The summed E-state index contributed by atoms with van der Waals surface area (Å²) < 4.78 is 22.8. The number of nitrogens with two attached hydrogens (primary N) is 1. The number of carbonyl (C=O) groups is 1. The molecule has 0 saturated carbocycles. The maximum atomic E-state index is 15.1. The van der Waals surface area contributed by atoms with Crippen LogP contribution in [0.2, 0.25) is 0 Å². The number of rotatable bonds is 1. The van der Waals surface area contributed by atoms with E-state index in [-0.39, 0.29) is 29.4 Å². The maximum absolute atomic E-state index is 15.1. The molecule has 1 aliphatic carbocycles. The number of hydrogen-bond donors (Lipinski definition) is 1. The zero-order valence-electron chi connectivity index (χ0n) is 16.7. The van der Waals surface area contributed by atoms with Crippen LogP contribution in [-0.4, -0.2) is 44.4 Å². The fourth-order valence-corrected chi connectivity index (χ4v) is 4.93. The summed E-state index contributed by atoms with van der Waals surface area (Å²) in [6.45, 7) is 0.848. The number of anilines is 1. The summed E-state index contributed by atoms with van der Waals surface area (Å²) in [5.41, 5.74) is 9.85. The molecule has 2 aliphatic rings. The van der Waals surface area contributed by atoms with E-state index in [9.17, 15) is 4.79 Å². The highest BCUT2D eigenvalue weighted by molar-refractivity contribution is 5.99. The predicted molar refractivity (Wildman–Crippen MR) is 113 cm³/mol. The van der Waals surface area contributed by atoms with Crippen molar-refractivity contribution in [3.05, 3.63) is 71.4 Å². The number of carbonyl (C=O) groups excluding carboxylic acids is 1. The molecule has 31 heavy (non-hydrogen) atoms. The molecular weight excluding hydrogens is 397 g/mol. The summed E-state index contributed by atoms with van der Waals surface area (Å²) in [4.78, 5) is 23.8. The molecule has 0 radical (unpaired) electrons. The Morgan fingerprint density at radius 2 is 2.10 bits per heavy atom. The second-order valence-electron chi connectivity index (χ2n) is 8.06. The summed E-state index contributed by atoms with van der Waals surface area (Å²) >= 11 is 0. The number of morpholine rings is 1. The van der Waals surface area contributed by atoms with Crippen LogP contribution < -0.4 is 5.73 Å². The zero-order valence-corrected chi connectivity index (χ0v) is 16.7. The molecule has 3 heterocycles. The molecule has 156 valence electrons. The van der Waals surface area contributed by atoms with E-state index in [1.54, 1.807) is 27.9 Å². The van der Waals surface area contributed by atoms with Crippen molar-refractivity contribution < 1.29 is 13.9 Å². The number of ether oxygens (including phenoxy) is 1. The lowest BCUT2D eigenvalue weighted by molar-refractivity contribution is -0.0677. The van der Waals surface area contributed by atoms with Gasteiger partial charge in [-0.2, -0.15) is 0 Å². The second-order valence-corrected chi connectivity index (χ2v) is 8.06. The van der Waals surface area contributed by atoms with Crippen molar-refractivity contribution in [1.29, 1.82) is 0 Å². The topological polar surface area (TPSA) is 85.8 Å². The Balaban J connectivity index is 1.48. The van der Waals surface area contributed by atoms with Gasteiger partial charge in [0, 0.05) is 12.6 Å². The fraction of sp³-hybridized carbons (Fsp3) is 0.261. The van der Waals surface area contributed by atoms with Gasteiger partial charge in [-0.25, -0.2) is 14.4 Å². The summed E-state index contributed by atoms with van der Waals surface area (Å²) in [7, 11) is 0. The van der Waals surface area contributed by atoms with Gasteiger partial charge in [-0.15, -0.1) is 0 Å². The monoisotopic (exact) mass is 417 g/mol. The van der Waals surface area contributed by atoms with E-state index < -0.39 is 5.82 Å². The van der Waals surface area contributed by atoms with Gasteiger partial charge in [-0.3, -0.25) is 9.20 Å². The molecule has 2 aromatic heterocycles. The first-order chi connectivity index (χ1) is 15.1. The first-order valence-electron chi connectivity index (χ1n) is 10.3. The van der Waals surface area contributed by atoms with E-state index >= 15 is 4.39 Å². The van der Waals surface area contributed by atoms with Crippen molar-refractivity contribution in [3.8, 4) is 0 Å². The largest absolute Gasteiger partial charge is 0.382 e. The Morgan fingerprint density at radius 3 is 3.00 bits per heavy atom. The number of aromatic nitrogens is 3. The maximum Gasteiger partial charge on any atom is 0.257 e. The average Bonchev–Trinajstić information content (AvgIpc) is 3.29. The molecule has 4 aromatic rings. The van der Waals surface area contributed by atoms with Crippen LogP contribution in [0.3, 0.4) is 0 Å². The van der Waals surface area contributed by atoms with Gasteiger partial charge in [-0.1, -0.05) is 24.3 Å². The molecule has 7 nitrogen and oxygen atoms in total. The molecule has 1 saturated heterocycles. The minimum absolute atomic E-state index is 0.0118. The fourth-order valence-electron chi connectivity index (χ4n) is 4.93. The molecule has 2 aromatic carbocycles. The van der Waals surface area contributed by atoms with E-state index in [0.717, 1.165) is 18.4 Å². The number of nitrogens with zero attached hydrogens (tertiary/aromatic N) is 4. The van der Waals surface area contributed by atoms with Crippen LogP contribution in [0.5, 0.6) is 0 Å². The van der Waals surface area contributed by atoms with Crippen molar-refractivity contribution >= 4 is 28.3 Å². The van der Waals surface area contributed by atoms with Gasteiger partial charge in [0.1, 0.15) is 17.2 Å². The van der Waals surface area contributed by atoms with Crippen molar-refractivity contribution in [2.45, 2.75) is 25.0 Å². The average molecular weight is 417 g/mol. The number of aryl methyl sites for hydroxylation is 1. The van der Waals surface area contributed by atoms with Gasteiger partial charge in [0.2, 0.25) is 0 Å². The highest BCUT2D eigenvalue weighted by atomic mass is 19.1. The smallest absolute Gasteiger partial charge is 0.257 e. The zero-order chi connectivity index (χ0) is 21.1. The van der Waals surface area contributed by atoms with Gasteiger partial charge >= 0.3 is 0 Å². The number of amides is 1. The lowest BCUT2D eigenvalue weighted by Crippen LogP contribution is -2.50. The van der Waals surface area contributed by atoms with E-state index in [1.165, 1.54) is 11.6 Å². The minimum Gasteiger partial charge on any atom is -0.382 e. The first-order valence-corrected chi connectivity index (χ1v) is 10.3. The Morgan fingerprint density at radius 1 is 1.23 bits per heavy atom. The van der Waals surface area contributed by atoms with Crippen LogP contribution >= 0.6 is 0 Å². The Labute approximate surface area is 177 Å². The summed E-state index contributed by atoms with van der Waals surface area (Å²) in [6.07, 6.45) is 4.85. The minimum atomic E-state index is -0.615. The van der Waals surface area contributed by atoms with Gasteiger partial charge in [0.25, 0.3) is 5.91 Å². The van der Waals surface area contributed by atoms with Gasteiger partial charge < -0.3 is 15.4 Å². The Hall–Kier alpha value is -3.52. The third kappa shape index (κ3) is 2.71. The lowest BCUT2D eigenvalue weighted by atomic mass is 9.83. The number of benzene rings is 2. The van der Waals surface area contributed by atoms with E-state index in [0.29, 0.717) is 29.7 Å². The number of fused-ring (bicyclic) bond motifs is 6. The third-order valence-corrected chi connectivity index (χ3v) is 6.38. The second kappa shape index (κ2) is 6.75. The quantitative estimate of drug-likeness (QED) is 0.514. The summed E-state index contributed by atoms with van der Waals surface area (Å²) in [5, 5.41) is 0. The van der Waals surface area contributed by atoms with E-state index in [2.05, 4.69) is 16.0 Å². The van der Waals surface area contributed by atoms with E-state index in [1.807, 2.05) is 18.2 Å². The first kappa shape index (κ1) is 18.3. The highest BCUT2D eigenvalue weighted by Crippen LogP contribution is 2.39. The Bertz CT molecular complexity index is 1350. The SMILES string of the molecule is Nc1nc2cc(F)c(C(=O)N3CCO[C@@H]4CCc5ccccc5[C@@H]43)cc2n2cncc12. The highest BCUT2D eigenvalue weighted by Gasteiger charge is 2.40. The third-order valence-electron chi connectivity index (χ3n) is 6.38. The van der Waals surface area contributed by atoms with Crippen molar-refractivity contribution in [1.82, 2.24) is 19.3 Å². The predicted octanol–water partition coefficient (Wildman–Crippen LogP) is 3.13. The van der Waals surface area contributed by atoms with Crippen molar-refractivity contribution in [3.63, 3.8) is 0 Å². The van der Waals surface area contributed by atoms with Crippen molar-refractivity contribution in [2.75, 3.05) is 18.9 Å². The summed E-state index contributed by atoms with van der Waals surface area (Å²) in [5.74, 6) is -0.700. The number of nitrogen functional groups attached to an aromatic ring is 1. The van der Waals surface area contributed by atoms with Crippen LogP contribution in [0.4, 0.5) is 10.2 Å². The van der Waals surface area contributed by atoms with E-state index in [4.69, 9.17) is 10.5 Å². The number of hydrogen-bond acceptors (Lipinski definition) is 5. The molecule has 8 heteroatoms. The van der Waals surface area contributed by atoms with Crippen LogP contribution in [0.25, 0.3) is 16.6 Å². The molecule has 6 rings (SSSR count). The standard InChI is InChI=1S/C23H20FN5O2/c24-16-10-17-18(29-12-26-11-19(29)22(25)27-17)9-15(16)23(30)28-7-8-31-20-6-5-13-3-1-2-4-14(13)21(20)28/h1-4,9-12,20-21H,5-8H2,(H2,25,27)/t20-,21+/m1/s1. The Kier molecular flexibility index (Phi) is 3.97. The van der Waals surface area contributed by atoms with Crippen LogP contribution in [-0.2, 0) is 11.2 Å².